The average Bonchev–Trinajstić information content (AvgIpc) is 2.59. The molecule has 5 heteroatoms. The number of fused-ring (bicyclic) bond motifs is 1. The molecule has 0 saturated carbocycles. The molecule has 0 spiro atoms. The van der Waals surface area contributed by atoms with Crippen LogP contribution in [0.15, 0.2) is 21.3 Å². The van der Waals surface area contributed by atoms with E-state index in [1.165, 1.54) is 0 Å². The zero-order valence-corrected chi connectivity index (χ0v) is 9.67. The maximum atomic E-state index is 11.0. The Morgan fingerprint density at radius 3 is 3.00 bits per heavy atom. The molecular weight excluding hydrogens is 228 g/mol. The van der Waals surface area contributed by atoms with E-state index in [9.17, 15) is 4.79 Å². The minimum Gasteiger partial charge on any atom is -0.408 e. The van der Waals surface area contributed by atoms with Gasteiger partial charge in [-0.3, -0.25) is 4.98 Å². The summed E-state index contributed by atoms with van der Waals surface area (Å²) < 4.78 is 4.98. The number of H-pyrrole nitrogens is 1. The van der Waals surface area contributed by atoms with Gasteiger partial charge in [-0.05, 0) is 36.6 Å². The predicted octanol–water partition coefficient (Wildman–Crippen LogP) is 1.91. The van der Waals surface area contributed by atoms with Gasteiger partial charge in [0.25, 0.3) is 0 Å². The molecule has 0 amide bonds. The summed E-state index contributed by atoms with van der Waals surface area (Å²) in [5.41, 5.74) is 7.64. The van der Waals surface area contributed by atoms with E-state index in [2.05, 4.69) is 11.9 Å². The number of benzene rings is 1. The molecule has 1 unspecified atom stereocenters. The van der Waals surface area contributed by atoms with Crippen molar-refractivity contribution in [3.63, 3.8) is 0 Å². The van der Waals surface area contributed by atoms with Gasteiger partial charge in [0.05, 0.1) is 5.02 Å². The van der Waals surface area contributed by atoms with Gasteiger partial charge in [0.15, 0.2) is 5.58 Å². The van der Waals surface area contributed by atoms with Crippen LogP contribution in [0.2, 0.25) is 5.02 Å². The van der Waals surface area contributed by atoms with Crippen LogP contribution >= 0.6 is 11.6 Å². The Kier molecular flexibility index (Phi) is 3.03. The Bertz CT molecular complexity index is 559. The van der Waals surface area contributed by atoms with E-state index in [-0.39, 0.29) is 0 Å². The molecule has 1 heterocycles. The van der Waals surface area contributed by atoms with Crippen molar-refractivity contribution in [3.05, 3.63) is 33.3 Å². The summed E-state index contributed by atoms with van der Waals surface area (Å²) in [6.07, 6.45) is 0.820. The number of oxazole rings is 1. The third kappa shape index (κ3) is 2.13. The maximum Gasteiger partial charge on any atom is 0.417 e. The van der Waals surface area contributed by atoms with Crippen LogP contribution in [0.1, 0.15) is 12.5 Å². The van der Waals surface area contributed by atoms with Crippen molar-refractivity contribution in [1.29, 1.82) is 0 Å². The van der Waals surface area contributed by atoms with Gasteiger partial charge in [-0.25, -0.2) is 4.79 Å². The molecule has 0 saturated heterocycles. The molecule has 16 heavy (non-hydrogen) atoms. The van der Waals surface area contributed by atoms with Gasteiger partial charge >= 0.3 is 5.76 Å². The topological polar surface area (TPSA) is 72.0 Å². The molecule has 0 aliphatic rings. The van der Waals surface area contributed by atoms with Gasteiger partial charge in [0, 0.05) is 0 Å². The minimum atomic E-state index is -0.485. The van der Waals surface area contributed by atoms with Crippen molar-refractivity contribution in [1.82, 2.24) is 4.98 Å². The summed E-state index contributed by atoms with van der Waals surface area (Å²) in [7, 11) is 0. The second-order valence-corrected chi connectivity index (χ2v) is 4.42. The van der Waals surface area contributed by atoms with Crippen LogP contribution < -0.4 is 11.5 Å². The first-order valence-electron chi connectivity index (χ1n) is 5.11. The lowest BCUT2D eigenvalue weighted by molar-refractivity contribution is 0.553. The number of nitrogens with one attached hydrogen (secondary N) is 1. The molecule has 1 aromatic carbocycles. The molecule has 0 fully saturated rings. The lowest BCUT2D eigenvalue weighted by Gasteiger charge is -2.08. The lowest BCUT2D eigenvalue weighted by atomic mass is 10.0. The first-order chi connectivity index (χ1) is 7.60. The molecule has 1 atom stereocenters. The van der Waals surface area contributed by atoms with Crippen molar-refractivity contribution in [2.45, 2.75) is 13.3 Å². The predicted molar refractivity (Wildman–Crippen MR) is 63.8 cm³/mol. The Balaban J connectivity index is 2.45. The fourth-order valence-corrected chi connectivity index (χ4v) is 1.95. The highest BCUT2D eigenvalue weighted by atomic mass is 35.5. The normalized spacial score (nSPS) is 13.2. The summed E-state index contributed by atoms with van der Waals surface area (Å²) in [4.78, 5) is 13.6. The Labute approximate surface area is 97.4 Å². The van der Waals surface area contributed by atoms with Crippen molar-refractivity contribution in [3.8, 4) is 0 Å². The van der Waals surface area contributed by atoms with E-state index in [0.29, 0.717) is 28.6 Å². The molecular formula is C11H13ClN2O2. The quantitative estimate of drug-likeness (QED) is 0.861. The van der Waals surface area contributed by atoms with Crippen LogP contribution in [0.5, 0.6) is 0 Å². The van der Waals surface area contributed by atoms with E-state index >= 15 is 0 Å². The fraction of sp³-hybridized carbons (Fsp3) is 0.364. The average molecular weight is 241 g/mol. The largest absolute Gasteiger partial charge is 0.417 e. The molecule has 0 aliphatic carbocycles. The van der Waals surface area contributed by atoms with Crippen LogP contribution in [0.25, 0.3) is 11.1 Å². The number of nitrogens with two attached hydrogens (primary N) is 1. The molecule has 0 radical (unpaired) electrons. The van der Waals surface area contributed by atoms with Gasteiger partial charge in [0.1, 0.15) is 5.52 Å². The summed E-state index contributed by atoms with van der Waals surface area (Å²) in [5.74, 6) is -0.111. The van der Waals surface area contributed by atoms with Crippen molar-refractivity contribution >= 4 is 22.7 Å². The molecule has 1 aromatic heterocycles. The first kappa shape index (κ1) is 11.2. The van der Waals surface area contributed by atoms with Gasteiger partial charge in [-0.1, -0.05) is 18.5 Å². The summed E-state index contributed by atoms with van der Waals surface area (Å²) in [5, 5.41) is 0.502. The van der Waals surface area contributed by atoms with E-state index in [1.807, 2.05) is 12.1 Å². The SMILES string of the molecule is CC(CN)Cc1cc(Cl)c2[nH]c(=O)oc2c1. The molecule has 86 valence electrons. The Morgan fingerprint density at radius 1 is 1.56 bits per heavy atom. The van der Waals surface area contributed by atoms with Crippen molar-refractivity contribution in [2.24, 2.45) is 11.7 Å². The highest BCUT2D eigenvalue weighted by Gasteiger charge is 2.09. The highest BCUT2D eigenvalue weighted by molar-refractivity contribution is 6.34. The van der Waals surface area contributed by atoms with Gasteiger partial charge in [-0.2, -0.15) is 0 Å². The fourth-order valence-electron chi connectivity index (χ4n) is 1.67. The van der Waals surface area contributed by atoms with Crippen LogP contribution in [-0.4, -0.2) is 11.5 Å². The highest BCUT2D eigenvalue weighted by Crippen LogP contribution is 2.24. The standard InChI is InChI=1S/C11H13ClN2O2/c1-6(5-13)2-7-3-8(12)10-9(4-7)16-11(15)14-10/h3-4,6H,2,5,13H2,1H3,(H,14,15). The van der Waals surface area contributed by atoms with Gasteiger partial charge in [-0.15, -0.1) is 0 Å². The van der Waals surface area contributed by atoms with Crippen LogP contribution in [0.4, 0.5) is 0 Å². The number of rotatable bonds is 3. The molecule has 4 nitrogen and oxygen atoms in total. The van der Waals surface area contributed by atoms with Crippen LogP contribution in [0.3, 0.4) is 0 Å². The Morgan fingerprint density at radius 2 is 2.31 bits per heavy atom. The van der Waals surface area contributed by atoms with E-state index < -0.39 is 5.76 Å². The zero-order valence-electron chi connectivity index (χ0n) is 8.92. The molecule has 2 rings (SSSR count). The smallest absolute Gasteiger partial charge is 0.408 e. The molecule has 0 aliphatic heterocycles. The van der Waals surface area contributed by atoms with E-state index in [1.54, 1.807) is 0 Å². The number of hydrogen-bond donors (Lipinski definition) is 2. The number of halogens is 1. The number of aromatic nitrogens is 1. The van der Waals surface area contributed by atoms with E-state index in [4.69, 9.17) is 21.8 Å². The van der Waals surface area contributed by atoms with Crippen LogP contribution in [0, 0.1) is 5.92 Å². The molecule has 2 aromatic rings. The zero-order chi connectivity index (χ0) is 11.7. The van der Waals surface area contributed by atoms with Crippen molar-refractivity contribution in [2.75, 3.05) is 6.54 Å². The summed E-state index contributed by atoms with van der Waals surface area (Å²) in [6.45, 7) is 2.68. The van der Waals surface area contributed by atoms with Crippen LogP contribution in [-0.2, 0) is 6.42 Å². The van der Waals surface area contributed by atoms with Crippen molar-refractivity contribution < 1.29 is 4.42 Å². The molecule has 3 N–H and O–H groups in total. The second kappa shape index (κ2) is 4.31. The third-order valence-electron chi connectivity index (χ3n) is 2.53. The van der Waals surface area contributed by atoms with E-state index in [0.717, 1.165) is 12.0 Å². The van der Waals surface area contributed by atoms with Gasteiger partial charge in [0.2, 0.25) is 0 Å². The Hall–Kier alpha value is -1.26. The lowest BCUT2D eigenvalue weighted by Crippen LogP contribution is -2.13. The summed E-state index contributed by atoms with van der Waals surface area (Å²) >= 11 is 6.04. The molecule has 0 bridgehead atoms. The maximum absolute atomic E-state index is 11.0. The first-order valence-corrected chi connectivity index (χ1v) is 5.49. The monoisotopic (exact) mass is 240 g/mol. The second-order valence-electron chi connectivity index (χ2n) is 4.01. The third-order valence-corrected chi connectivity index (χ3v) is 2.83. The number of aromatic amines is 1. The minimum absolute atomic E-state index is 0.374. The van der Waals surface area contributed by atoms with Gasteiger partial charge < -0.3 is 10.2 Å². The number of hydrogen-bond acceptors (Lipinski definition) is 3. The summed E-state index contributed by atoms with van der Waals surface area (Å²) in [6, 6.07) is 3.66.